The fourth-order valence-electron chi connectivity index (χ4n) is 2.54. The number of benzene rings is 1. The number of nitrogens with zero attached hydrogens (tertiary/aromatic N) is 3. The van der Waals surface area contributed by atoms with E-state index >= 15 is 0 Å². The van der Waals surface area contributed by atoms with Gasteiger partial charge in [0.15, 0.2) is 0 Å². The van der Waals surface area contributed by atoms with E-state index in [0.717, 1.165) is 22.0 Å². The summed E-state index contributed by atoms with van der Waals surface area (Å²) in [5.41, 5.74) is 4.07. The number of amides is 1. The Bertz CT molecular complexity index is 1040. The maximum atomic E-state index is 11.6. The predicted molar refractivity (Wildman–Crippen MR) is 94.6 cm³/mol. The molecule has 0 aliphatic rings. The SMILES string of the molecule is CNC(=O)c1cc(Nc2ncc3cc(-c4cn[nH]c4)ccc3n2)c[nH]1. The van der Waals surface area contributed by atoms with Crippen molar-refractivity contribution < 1.29 is 4.79 Å². The van der Waals surface area contributed by atoms with Gasteiger partial charge in [-0.25, -0.2) is 9.97 Å². The van der Waals surface area contributed by atoms with Crippen LogP contribution < -0.4 is 10.6 Å². The van der Waals surface area contributed by atoms with Gasteiger partial charge in [-0.05, 0) is 23.8 Å². The van der Waals surface area contributed by atoms with Crippen LogP contribution in [0.5, 0.6) is 0 Å². The number of rotatable bonds is 4. The van der Waals surface area contributed by atoms with Crippen LogP contribution in [0.25, 0.3) is 22.0 Å². The van der Waals surface area contributed by atoms with Crippen molar-refractivity contribution in [3.63, 3.8) is 0 Å². The van der Waals surface area contributed by atoms with Gasteiger partial charge in [-0.3, -0.25) is 9.89 Å². The number of hydrogen-bond acceptors (Lipinski definition) is 5. The molecular weight excluding hydrogens is 318 g/mol. The molecule has 0 aliphatic heterocycles. The molecule has 0 aliphatic carbocycles. The van der Waals surface area contributed by atoms with E-state index in [-0.39, 0.29) is 5.91 Å². The van der Waals surface area contributed by atoms with Crippen molar-refractivity contribution in [3.8, 4) is 11.1 Å². The Kier molecular flexibility index (Phi) is 3.62. The zero-order chi connectivity index (χ0) is 17.2. The monoisotopic (exact) mass is 333 g/mol. The van der Waals surface area contributed by atoms with Gasteiger partial charge < -0.3 is 15.6 Å². The van der Waals surface area contributed by atoms with Crippen LogP contribution in [0, 0.1) is 0 Å². The van der Waals surface area contributed by atoms with E-state index in [1.807, 2.05) is 24.4 Å². The van der Waals surface area contributed by atoms with Gasteiger partial charge in [0, 0.05) is 36.6 Å². The average Bonchev–Trinajstić information content (AvgIpc) is 3.32. The van der Waals surface area contributed by atoms with Crippen LogP contribution in [0.3, 0.4) is 0 Å². The molecule has 1 aromatic carbocycles. The number of anilines is 2. The van der Waals surface area contributed by atoms with Gasteiger partial charge in [-0.15, -0.1) is 0 Å². The second-order valence-electron chi connectivity index (χ2n) is 5.46. The smallest absolute Gasteiger partial charge is 0.267 e. The molecule has 0 bridgehead atoms. The summed E-state index contributed by atoms with van der Waals surface area (Å²) in [6, 6.07) is 7.65. The van der Waals surface area contributed by atoms with Crippen molar-refractivity contribution in [1.29, 1.82) is 0 Å². The minimum absolute atomic E-state index is 0.181. The van der Waals surface area contributed by atoms with Gasteiger partial charge in [-0.2, -0.15) is 5.10 Å². The third-order valence-corrected chi connectivity index (χ3v) is 3.82. The van der Waals surface area contributed by atoms with Crippen LogP contribution in [-0.4, -0.2) is 38.1 Å². The highest BCUT2D eigenvalue weighted by Gasteiger charge is 2.08. The van der Waals surface area contributed by atoms with Crippen molar-refractivity contribution in [3.05, 3.63) is 54.7 Å². The summed E-state index contributed by atoms with van der Waals surface area (Å²) in [7, 11) is 1.58. The van der Waals surface area contributed by atoms with Crippen LogP contribution in [0.2, 0.25) is 0 Å². The first-order chi connectivity index (χ1) is 12.2. The van der Waals surface area contributed by atoms with E-state index in [9.17, 15) is 4.79 Å². The van der Waals surface area contributed by atoms with Crippen molar-refractivity contribution in [2.24, 2.45) is 0 Å². The van der Waals surface area contributed by atoms with E-state index in [2.05, 4.69) is 35.8 Å². The molecule has 0 radical (unpaired) electrons. The first-order valence-corrected chi connectivity index (χ1v) is 7.66. The largest absolute Gasteiger partial charge is 0.355 e. The quantitative estimate of drug-likeness (QED) is 0.458. The van der Waals surface area contributed by atoms with E-state index in [1.54, 1.807) is 31.7 Å². The lowest BCUT2D eigenvalue weighted by atomic mass is 10.1. The molecule has 0 fully saturated rings. The number of hydrogen-bond donors (Lipinski definition) is 4. The molecule has 4 N–H and O–H groups in total. The van der Waals surface area contributed by atoms with E-state index in [0.29, 0.717) is 17.3 Å². The lowest BCUT2D eigenvalue weighted by Gasteiger charge is -2.05. The van der Waals surface area contributed by atoms with Crippen molar-refractivity contribution in [1.82, 2.24) is 30.5 Å². The molecule has 4 rings (SSSR count). The number of aromatic amines is 2. The molecular formula is C17H15N7O. The predicted octanol–water partition coefficient (Wildman–Crippen LogP) is 2.45. The Morgan fingerprint density at radius 1 is 1.12 bits per heavy atom. The van der Waals surface area contributed by atoms with Crippen LogP contribution in [0.4, 0.5) is 11.6 Å². The van der Waals surface area contributed by atoms with Gasteiger partial charge in [0.05, 0.1) is 17.4 Å². The van der Waals surface area contributed by atoms with Crippen LogP contribution in [0.15, 0.2) is 49.1 Å². The Hall–Kier alpha value is -3.68. The molecule has 0 spiro atoms. The first-order valence-electron chi connectivity index (χ1n) is 7.66. The summed E-state index contributed by atoms with van der Waals surface area (Å²) >= 11 is 0. The molecule has 1 amide bonds. The molecule has 0 unspecified atom stereocenters. The van der Waals surface area contributed by atoms with Crippen molar-refractivity contribution in [2.75, 3.05) is 12.4 Å². The Morgan fingerprint density at radius 3 is 2.84 bits per heavy atom. The topological polar surface area (TPSA) is 111 Å². The maximum absolute atomic E-state index is 11.6. The number of H-pyrrole nitrogens is 2. The second-order valence-corrected chi connectivity index (χ2v) is 5.46. The molecule has 25 heavy (non-hydrogen) atoms. The Labute approximate surface area is 142 Å². The van der Waals surface area contributed by atoms with Gasteiger partial charge in [0.25, 0.3) is 5.91 Å². The summed E-state index contributed by atoms with van der Waals surface area (Å²) in [6.07, 6.45) is 7.07. The lowest BCUT2D eigenvalue weighted by molar-refractivity contribution is 0.0959. The zero-order valence-electron chi connectivity index (χ0n) is 13.4. The first kappa shape index (κ1) is 14.9. The van der Waals surface area contributed by atoms with E-state index < -0.39 is 0 Å². The number of carbonyl (C=O) groups excluding carboxylic acids is 1. The number of carbonyl (C=O) groups is 1. The second kappa shape index (κ2) is 6.08. The molecule has 0 atom stereocenters. The highest BCUT2D eigenvalue weighted by Crippen LogP contribution is 2.23. The molecule has 8 nitrogen and oxygen atoms in total. The molecule has 8 heteroatoms. The summed E-state index contributed by atoms with van der Waals surface area (Å²) in [4.78, 5) is 23.3. The standard InChI is InChI=1S/C17H15N7O/c1-18-16(25)15-5-13(9-19-15)23-17-20-6-11-4-10(2-3-14(11)24-17)12-7-21-22-8-12/h2-9,19H,1H3,(H,18,25)(H,21,22)(H,20,23,24). The third kappa shape index (κ3) is 2.92. The Balaban J connectivity index is 1.60. The van der Waals surface area contributed by atoms with Gasteiger partial charge >= 0.3 is 0 Å². The van der Waals surface area contributed by atoms with Gasteiger partial charge in [0.1, 0.15) is 5.69 Å². The minimum Gasteiger partial charge on any atom is -0.355 e. The third-order valence-electron chi connectivity index (χ3n) is 3.82. The van der Waals surface area contributed by atoms with Crippen LogP contribution in [-0.2, 0) is 0 Å². The van der Waals surface area contributed by atoms with Crippen molar-refractivity contribution in [2.45, 2.75) is 0 Å². The lowest BCUT2D eigenvalue weighted by Crippen LogP contribution is -2.17. The normalized spacial score (nSPS) is 10.8. The van der Waals surface area contributed by atoms with Gasteiger partial charge in [0.2, 0.25) is 5.95 Å². The molecule has 3 aromatic heterocycles. The van der Waals surface area contributed by atoms with Crippen LogP contribution >= 0.6 is 0 Å². The maximum Gasteiger partial charge on any atom is 0.267 e. The highest BCUT2D eigenvalue weighted by molar-refractivity contribution is 5.93. The fourth-order valence-corrected chi connectivity index (χ4v) is 2.54. The number of fused-ring (bicyclic) bond motifs is 1. The van der Waals surface area contributed by atoms with Crippen molar-refractivity contribution >= 4 is 28.4 Å². The average molecular weight is 333 g/mol. The fraction of sp³-hybridized carbons (Fsp3) is 0.0588. The molecule has 4 aromatic rings. The van der Waals surface area contributed by atoms with Crippen LogP contribution in [0.1, 0.15) is 10.5 Å². The zero-order valence-corrected chi connectivity index (χ0v) is 13.4. The summed E-state index contributed by atoms with van der Waals surface area (Å²) in [5, 5.41) is 13.4. The Morgan fingerprint density at radius 2 is 2.04 bits per heavy atom. The van der Waals surface area contributed by atoms with E-state index in [1.165, 1.54) is 0 Å². The number of aromatic nitrogens is 5. The summed E-state index contributed by atoms with van der Waals surface area (Å²) in [5.74, 6) is 0.283. The highest BCUT2D eigenvalue weighted by atomic mass is 16.1. The molecule has 0 saturated heterocycles. The summed E-state index contributed by atoms with van der Waals surface area (Å²) in [6.45, 7) is 0. The van der Waals surface area contributed by atoms with E-state index in [4.69, 9.17) is 0 Å². The molecule has 0 saturated carbocycles. The molecule has 124 valence electrons. The summed E-state index contributed by atoms with van der Waals surface area (Å²) < 4.78 is 0. The van der Waals surface area contributed by atoms with Gasteiger partial charge in [-0.1, -0.05) is 6.07 Å². The minimum atomic E-state index is -0.181. The number of nitrogens with one attached hydrogen (secondary N) is 4. The molecule has 3 heterocycles.